The minimum absolute atomic E-state index is 0.0679. The van der Waals surface area contributed by atoms with Gasteiger partial charge in [-0.25, -0.2) is 0 Å². The second kappa shape index (κ2) is 9.00. The van der Waals surface area contributed by atoms with Crippen molar-refractivity contribution in [3.05, 3.63) is 53.6 Å². The van der Waals surface area contributed by atoms with Crippen LogP contribution < -0.4 is 0 Å². The average molecular weight is 396 g/mol. The summed E-state index contributed by atoms with van der Waals surface area (Å²) in [6, 6.07) is 11.8. The molecule has 1 aliphatic rings. The lowest BCUT2D eigenvalue weighted by molar-refractivity contribution is -0.135. The Balaban J connectivity index is 1.25. The Hall–Kier alpha value is -3.00. The first-order valence-electron chi connectivity index (χ1n) is 9.87. The van der Waals surface area contributed by atoms with Crippen LogP contribution in [0.4, 0.5) is 0 Å². The van der Waals surface area contributed by atoms with Gasteiger partial charge in [0.15, 0.2) is 5.69 Å². The summed E-state index contributed by atoms with van der Waals surface area (Å²) in [5, 5.41) is 11.8. The van der Waals surface area contributed by atoms with E-state index in [1.165, 1.54) is 0 Å². The second-order valence-electron chi connectivity index (χ2n) is 7.22. The van der Waals surface area contributed by atoms with E-state index in [9.17, 15) is 4.79 Å². The first-order valence-corrected chi connectivity index (χ1v) is 9.87. The van der Waals surface area contributed by atoms with Crippen molar-refractivity contribution >= 4 is 5.91 Å². The zero-order valence-electron chi connectivity index (χ0n) is 16.4. The summed E-state index contributed by atoms with van der Waals surface area (Å²) in [5.41, 5.74) is 1.65. The van der Waals surface area contributed by atoms with Crippen molar-refractivity contribution in [1.29, 1.82) is 0 Å². The molecule has 3 heterocycles. The van der Waals surface area contributed by atoms with E-state index in [0.29, 0.717) is 49.2 Å². The van der Waals surface area contributed by atoms with Crippen molar-refractivity contribution < 1.29 is 18.5 Å². The Labute approximate surface area is 168 Å². The lowest BCUT2D eigenvalue weighted by Gasteiger charge is -2.32. The molecule has 3 aromatic rings. The van der Waals surface area contributed by atoms with Gasteiger partial charge in [0.1, 0.15) is 5.76 Å². The Bertz CT molecular complexity index is 937. The molecule has 2 aromatic heterocycles. The largest absolute Gasteiger partial charge is 0.419 e. The number of aromatic nitrogens is 3. The molecule has 1 saturated heterocycles. The molecule has 29 heavy (non-hydrogen) atoms. The Morgan fingerprint density at radius 2 is 2.14 bits per heavy atom. The highest BCUT2D eigenvalue weighted by Gasteiger charge is 2.24. The standard InChI is InChI=1S/C21H24N4O4/c1-15-12-18(24-29-15)21-23-22-19(28-21)9-10-20(26)25-11-5-8-17(13-25)27-14-16-6-3-2-4-7-16/h2-4,6-7,12,17H,5,8-11,13-14H2,1H3. The van der Waals surface area contributed by atoms with Gasteiger partial charge in [-0.3, -0.25) is 4.79 Å². The maximum atomic E-state index is 12.6. The summed E-state index contributed by atoms with van der Waals surface area (Å²) in [5.74, 6) is 1.47. The maximum absolute atomic E-state index is 12.6. The molecule has 0 bridgehead atoms. The normalized spacial score (nSPS) is 16.9. The van der Waals surface area contributed by atoms with E-state index in [2.05, 4.69) is 15.4 Å². The van der Waals surface area contributed by atoms with E-state index in [1.54, 1.807) is 13.0 Å². The third-order valence-electron chi connectivity index (χ3n) is 4.93. The first-order chi connectivity index (χ1) is 14.2. The molecule has 152 valence electrons. The zero-order chi connectivity index (χ0) is 20.1. The number of hydrogen-bond donors (Lipinski definition) is 0. The molecule has 8 heteroatoms. The first kappa shape index (κ1) is 19.3. The van der Waals surface area contributed by atoms with Crippen LogP contribution in [0.25, 0.3) is 11.6 Å². The van der Waals surface area contributed by atoms with Crippen LogP contribution >= 0.6 is 0 Å². The molecule has 1 atom stereocenters. The van der Waals surface area contributed by atoms with Crippen LogP contribution in [0.2, 0.25) is 0 Å². The number of rotatable bonds is 7. The van der Waals surface area contributed by atoms with Crippen LogP contribution in [0.5, 0.6) is 0 Å². The van der Waals surface area contributed by atoms with Crippen LogP contribution in [0.1, 0.15) is 36.5 Å². The smallest absolute Gasteiger partial charge is 0.269 e. The fourth-order valence-corrected chi connectivity index (χ4v) is 3.39. The average Bonchev–Trinajstić information content (AvgIpc) is 3.40. The van der Waals surface area contributed by atoms with Gasteiger partial charge in [-0.05, 0) is 25.3 Å². The number of carbonyl (C=O) groups is 1. The molecule has 0 N–H and O–H groups in total. The van der Waals surface area contributed by atoms with E-state index in [0.717, 1.165) is 24.9 Å². The van der Waals surface area contributed by atoms with Gasteiger partial charge in [-0.1, -0.05) is 35.5 Å². The molecule has 1 aromatic carbocycles. The minimum atomic E-state index is 0.0679. The number of hydrogen-bond acceptors (Lipinski definition) is 7. The van der Waals surface area contributed by atoms with E-state index < -0.39 is 0 Å². The van der Waals surface area contributed by atoms with Crippen molar-refractivity contribution in [1.82, 2.24) is 20.3 Å². The molecule has 1 amide bonds. The predicted octanol–water partition coefficient (Wildman–Crippen LogP) is 3.17. The quantitative estimate of drug-likeness (QED) is 0.605. The van der Waals surface area contributed by atoms with Crippen molar-refractivity contribution in [3.8, 4) is 11.6 Å². The molecule has 1 fully saturated rings. The van der Waals surface area contributed by atoms with Crippen molar-refractivity contribution in [2.75, 3.05) is 13.1 Å². The van der Waals surface area contributed by atoms with Gasteiger partial charge in [0.2, 0.25) is 11.8 Å². The van der Waals surface area contributed by atoms with Crippen LogP contribution in [-0.2, 0) is 22.6 Å². The molecule has 0 spiro atoms. The number of piperidine rings is 1. The molecule has 8 nitrogen and oxygen atoms in total. The molecule has 1 aliphatic heterocycles. The van der Waals surface area contributed by atoms with Crippen LogP contribution in [0, 0.1) is 6.92 Å². The van der Waals surface area contributed by atoms with Crippen molar-refractivity contribution in [2.24, 2.45) is 0 Å². The summed E-state index contributed by atoms with van der Waals surface area (Å²) < 4.78 is 16.6. The van der Waals surface area contributed by atoms with Crippen LogP contribution in [-0.4, -0.2) is 45.4 Å². The molecular weight excluding hydrogens is 372 g/mol. The fraction of sp³-hybridized carbons (Fsp3) is 0.429. The highest BCUT2D eigenvalue weighted by atomic mass is 16.5. The number of aryl methyl sites for hydroxylation is 2. The number of benzene rings is 1. The third kappa shape index (κ3) is 5.08. The van der Waals surface area contributed by atoms with E-state index in [4.69, 9.17) is 13.7 Å². The van der Waals surface area contributed by atoms with Crippen molar-refractivity contribution in [2.45, 2.75) is 45.3 Å². The maximum Gasteiger partial charge on any atom is 0.269 e. The fourth-order valence-electron chi connectivity index (χ4n) is 3.39. The summed E-state index contributed by atoms with van der Waals surface area (Å²) in [6.45, 7) is 3.75. The number of carbonyl (C=O) groups excluding carboxylic acids is 1. The Morgan fingerprint density at radius 3 is 2.93 bits per heavy atom. The summed E-state index contributed by atoms with van der Waals surface area (Å²) in [7, 11) is 0. The second-order valence-corrected chi connectivity index (χ2v) is 7.22. The molecule has 0 saturated carbocycles. The molecular formula is C21H24N4O4. The topological polar surface area (TPSA) is 94.5 Å². The number of ether oxygens (including phenoxy) is 1. The molecule has 0 aliphatic carbocycles. The monoisotopic (exact) mass is 396 g/mol. The van der Waals surface area contributed by atoms with Gasteiger partial charge in [0, 0.05) is 32.0 Å². The van der Waals surface area contributed by atoms with Crippen molar-refractivity contribution in [3.63, 3.8) is 0 Å². The summed E-state index contributed by atoms with van der Waals surface area (Å²) in [6.07, 6.45) is 2.71. The number of nitrogens with zero attached hydrogens (tertiary/aromatic N) is 4. The number of likely N-dealkylation sites (tertiary alicyclic amines) is 1. The van der Waals surface area contributed by atoms with Gasteiger partial charge in [0.05, 0.1) is 12.7 Å². The molecule has 1 unspecified atom stereocenters. The van der Waals surface area contributed by atoms with Gasteiger partial charge < -0.3 is 18.6 Å². The van der Waals surface area contributed by atoms with Gasteiger partial charge in [0.25, 0.3) is 5.89 Å². The Morgan fingerprint density at radius 1 is 1.28 bits per heavy atom. The zero-order valence-corrected chi connectivity index (χ0v) is 16.4. The van der Waals surface area contributed by atoms with Gasteiger partial charge >= 0.3 is 0 Å². The number of amides is 1. The van der Waals surface area contributed by atoms with E-state index in [1.807, 2.05) is 35.2 Å². The lowest BCUT2D eigenvalue weighted by atomic mass is 10.1. The minimum Gasteiger partial charge on any atom is -0.419 e. The summed E-state index contributed by atoms with van der Waals surface area (Å²) >= 11 is 0. The van der Waals surface area contributed by atoms with Gasteiger partial charge in [-0.2, -0.15) is 0 Å². The van der Waals surface area contributed by atoms with Gasteiger partial charge in [-0.15, -0.1) is 10.2 Å². The molecule has 0 radical (unpaired) electrons. The van der Waals surface area contributed by atoms with E-state index in [-0.39, 0.29) is 12.0 Å². The van der Waals surface area contributed by atoms with Crippen LogP contribution in [0.15, 0.2) is 45.3 Å². The van der Waals surface area contributed by atoms with E-state index >= 15 is 0 Å². The molecule has 4 rings (SSSR count). The highest BCUT2D eigenvalue weighted by molar-refractivity contribution is 5.76. The third-order valence-corrected chi connectivity index (χ3v) is 4.93. The summed E-state index contributed by atoms with van der Waals surface area (Å²) in [4.78, 5) is 14.5. The highest BCUT2D eigenvalue weighted by Crippen LogP contribution is 2.19. The Kier molecular flexibility index (Phi) is 6.00. The van der Waals surface area contributed by atoms with Crippen LogP contribution in [0.3, 0.4) is 0 Å². The lowest BCUT2D eigenvalue weighted by Crippen LogP contribution is -2.43. The predicted molar refractivity (Wildman–Crippen MR) is 104 cm³/mol. The SMILES string of the molecule is Cc1cc(-c2nnc(CCC(=O)N3CCCC(OCc4ccccc4)C3)o2)no1.